The van der Waals surface area contributed by atoms with E-state index in [1.165, 1.54) is 18.3 Å². The fourth-order valence-corrected chi connectivity index (χ4v) is 3.52. The van der Waals surface area contributed by atoms with Gasteiger partial charge in [0, 0.05) is 19.7 Å². The van der Waals surface area contributed by atoms with Crippen molar-refractivity contribution in [2.75, 3.05) is 20.3 Å². The molecule has 0 bridgehead atoms. The minimum Gasteiger partial charge on any atom is -0.475 e. The van der Waals surface area contributed by atoms with Crippen LogP contribution in [0.3, 0.4) is 0 Å². The van der Waals surface area contributed by atoms with Crippen LogP contribution in [0.4, 0.5) is 0 Å². The van der Waals surface area contributed by atoms with Crippen LogP contribution in [0, 0.1) is 6.92 Å². The number of rotatable bonds is 4. The third kappa shape index (κ3) is 2.51. The summed E-state index contributed by atoms with van der Waals surface area (Å²) in [6, 6.07) is 0.812. The Morgan fingerprint density at radius 2 is 2.21 bits per heavy atom. The fraction of sp³-hybridized carbons (Fsp3) is 0.545. The number of carbonyl (C=O) groups is 1. The van der Waals surface area contributed by atoms with Gasteiger partial charge in [-0.05, 0) is 13.3 Å². The number of furan rings is 1. The van der Waals surface area contributed by atoms with Crippen LogP contribution < -0.4 is 0 Å². The Morgan fingerprint density at radius 1 is 1.53 bits per heavy atom. The largest absolute Gasteiger partial charge is 0.475 e. The first-order valence-corrected chi connectivity index (χ1v) is 7.17. The van der Waals surface area contributed by atoms with E-state index in [1.807, 2.05) is 0 Å². The first-order valence-electron chi connectivity index (χ1n) is 5.73. The van der Waals surface area contributed by atoms with Crippen molar-refractivity contribution in [1.29, 1.82) is 0 Å². The highest BCUT2D eigenvalue weighted by atomic mass is 32.2. The monoisotopic (exact) mass is 289 g/mol. The normalized spacial score (nSPS) is 20.1. The van der Waals surface area contributed by atoms with E-state index in [0.717, 1.165) is 6.07 Å². The van der Waals surface area contributed by atoms with Crippen LogP contribution in [-0.2, 0) is 14.8 Å². The second-order valence-corrected chi connectivity index (χ2v) is 6.34. The van der Waals surface area contributed by atoms with Gasteiger partial charge in [0.15, 0.2) is 0 Å². The number of aromatic carboxylic acids is 1. The summed E-state index contributed by atoms with van der Waals surface area (Å²) in [7, 11) is -2.31. The minimum absolute atomic E-state index is 0.0724. The van der Waals surface area contributed by atoms with Crippen molar-refractivity contribution in [2.45, 2.75) is 24.3 Å². The molecule has 1 aliphatic rings. The van der Waals surface area contributed by atoms with Crippen molar-refractivity contribution in [1.82, 2.24) is 4.31 Å². The maximum atomic E-state index is 12.4. The number of nitrogens with zero attached hydrogens (tertiary/aromatic N) is 1. The lowest BCUT2D eigenvalue weighted by molar-refractivity contribution is 0.0661. The van der Waals surface area contributed by atoms with Gasteiger partial charge in [-0.3, -0.25) is 0 Å². The van der Waals surface area contributed by atoms with Gasteiger partial charge >= 0.3 is 5.97 Å². The topological polar surface area (TPSA) is 97.0 Å². The molecule has 1 unspecified atom stereocenters. The summed E-state index contributed by atoms with van der Waals surface area (Å²) in [4.78, 5) is 10.7. The van der Waals surface area contributed by atoms with E-state index in [9.17, 15) is 13.2 Å². The molecular weight excluding hydrogens is 274 g/mol. The Balaban J connectivity index is 2.35. The van der Waals surface area contributed by atoms with Crippen LogP contribution in [0.1, 0.15) is 22.7 Å². The Labute approximate surface area is 110 Å². The second-order valence-electron chi connectivity index (χ2n) is 4.37. The number of aryl methyl sites for hydroxylation is 1. The van der Waals surface area contributed by atoms with Crippen molar-refractivity contribution >= 4 is 16.0 Å². The van der Waals surface area contributed by atoms with E-state index >= 15 is 0 Å². The highest BCUT2D eigenvalue weighted by Crippen LogP contribution is 2.26. The van der Waals surface area contributed by atoms with E-state index in [4.69, 9.17) is 14.3 Å². The molecule has 1 atom stereocenters. The lowest BCUT2D eigenvalue weighted by Crippen LogP contribution is -2.37. The maximum absolute atomic E-state index is 12.4. The molecule has 1 N–H and O–H groups in total. The summed E-state index contributed by atoms with van der Waals surface area (Å²) in [5.74, 6) is -1.60. The van der Waals surface area contributed by atoms with Crippen LogP contribution in [-0.4, -0.2) is 50.1 Å². The molecular formula is C11H15NO6S. The van der Waals surface area contributed by atoms with Crippen molar-refractivity contribution in [3.8, 4) is 0 Å². The van der Waals surface area contributed by atoms with Gasteiger partial charge in [-0.15, -0.1) is 0 Å². The average Bonchev–Trinajstić information content (AvgIpc) is 2.96. The molecule has 0 radical (unpaired) electrons. The average molecular weight is 289 g/mol. The van der Waals surface area contributed by atoms with Gasteiger partial charge < -0.3 is 14.3 Å². The zero-order chi connectivity index (χ0) is 14.2. The van der Waals surface area contributed by atoms with Gasteiger partial charge in [-0.2, -0.15) is 4.31 Å². The summed E-state index contributed by atoms with van der Waals surface area (Å²) in [6.45, 7) is 2.30. The van der Waals surface area contributed by atoms with Gasteiger partial charge in [-0.1, -0.05) is 0 Å². The Hall–Kier alpha value is -1.38. The first kappa shape index (κ1) is 14.0. The van der Waals surface area contributed by atoms with Gasteiger partial charge in [0.05, 0.1) is 12.6 Å². The first-order chi connectivity index (χ1) is 8.84. The minimum atomic E-state index is -3.77. The van der Waals surface area contributed by atoms with Crippen LogP contribution in [0.2, 0.25) is 0 Å². The highest BCUT2D eigenvalue weighted by molar-refractivity contribution is 7.89. The van der Waals surface area contributed by atoms with Crippen molar-refractivity contribution in [3.63, 3.8) is 0 Å². The molecule has 2 heterocycles. The zero-order valence-corrected chi connectivity index (χ0v) is 11.4. The third-order valence-corrected chi connectivity index (χ3v) is 5.18. The maximum Gasteiger partial charge on any atom is 0.371 e. The quantitative estimate of drug-likeness (QED) is 0.876. The van der Waals surface area contributed by atoms with Gasteiger partial charge in [-0.25, -0.2) is 13.2 Å². The molecule has 8 heteroatoms. The van der Waals surface area contributed by atoms with E-state index in [1.54, 1.807) is 0 Å². The van der Waals surface area contributed by atoms with Gasteiger partial charge in [0.25, 0.3) is 0 Å². The molecule has 1 aliphatic heterocycles. The lowest BCUT2D eigenvalue weighted by Gasteiger charge is -2.21. The molecule has 1 aromatic rings. The predicted molar refractivity (Wildman–Crippen MR) is 64.6 cm³/mol. The number of carboxylic acids is 1. The molecule has 2 rings (SSSR count). The number of ether oxygens (including phenoxy) is 1. The summed E-state index contributed by atoms with van der Waals surface area (Å²) >= 11 is 0. The zero-order valence-electron chi connectivity index (χ0n) is 10.6. The second kappa shape index (κ2) is 4.95. The van der Waals surface area contributed by atoms with Crippen molar-refractivity contribution in [2.24, 2.45) is 0 Å². The van der Waals surface area contributed by atoms with Crippen molar-refractivity contribution in [3.05, 3.63) is 17.6 Å². The smallest absolute Gasteiger partial charge is 0.371 e. The molecule has 0 amide bonds. The van der Waals surface area contributed by atoms with E-state index < -0.39 is 16.0 Å². The SMILES string of the molecule is Cc1oc(C(=O)O)cc1S(=O)(=O)N(C)C1CCOC1. The van der Waals surface area contributed by atoms with E-state index in [2.05, 4.69) is 0 Å². The third-order valence-electron chi connectivity index (χ3n) is 3.16. The summed E-state index contributed by atoms with van der Waals surface area (Å²) in [5, 5.41) is 8.82. The standard InChI is InChI=1S/C11H15NO6S/c1-7-10(5-9(18-7)11(13)14)19(15,16)12(2)8-3-4-17-6-8/h5,8H,3-4,6H2,1-2H3,(H,13,14). The number of hydrogen-bond acceptors (Lipinski definition) is 5. The molecule has 0 spiro atoms. The van der Waals surface area contributed by atoms with Crippen LogP contribution >= 0.6 is 0 Å². The predicted octanol–water partition coefficient (Wildman–Crippen LogP) is 0.696. The summed E-state index contributed by atoms with van der Waals surface area (Å²) < 4.78 is 36.1. The number of sulfonamides is 1. The number of carboxylic acid groups (broad SMARTS) is 1. The Bertz CT molecular complexity index is 584. The van der Waals surface area contributed by atoms with Crippen LogP contribution in [0.15, 0.2) is 15.4 Å². The van der Waals surface area contributed by atoms with Crippen molar-refractivity contribution < 1.29 is 27.5 Å². The summed E-state index contributed by atoms with van der Waals surface area (Å²) in [5.41, 5.74) is 0. The number of likely N-dealkylation sites (N-methyl/N-ethyl adjacent to an activating group) is 1. The molecule has 106 valence electrons. The van der Waals surface area contributed by atoms with Gasteiger partial charge in [0.2, 0.25) is 15.8 Å². The molecule has 0 aromatic carbocycles. The molecule has 1 aromatic heterocycles. The lowest BCUT2D eigenvalue weighted by atomic mass is 10.3. The molecule has 19 heavy (non-hydrogen) atoms. The van der Waals surface area contributed by atoms with Crippen LogP contribution in [0.5, 0.6) is 0 Å². The molecule has 0 aliphatic carbocycles. The molecule has 0 saturated carbocycles. The Kier molecular flexibility index (Phi) is 3.66. The highest BCUT2D eigenvalue weighted by Gasteiger charge is 2.33. The number of hydrogen-bond donors (Lipinski definition) is 1. The van der Waals surface area contributed by atoms with Crippen LogP contribution in [0.25, 0.3) is 0 Å². The molecule has 1 fully saturated rings. The Morgan fingerprint density at radius 3 is 2.68 bits per heavy atom. The molecule has 7 nitrogen and oxygen atoms in total. The van der Waals surface area contributed by atoms with E-state index in [-0.39, 0.29) is 22.5 Å². The van der Waals surface area contributed by atoms with E-state index in [0.29, 0.717) is 19.6 Å². The van der Waals surface area contributed by atoms with Gasteiger partial charge in [0.1, 0.15) is 10.7 Å². The molecule has 1 saturated heterocycles. The fourth-order valence-electron chi connectivity index (χ4n) is 1.99. The summed E-state index contributed by atoms with van der Waals surface area (Å²) in [6.07, 6.45) is 0.623.